The van der Waals surface area contributed by atoms with E-state index >= 15 is 0 Å². The molecule has 5 nitrogen and oxygen atoms in total. The zero-order chi connectivity index (χ0) is 20.5. The SMILES string of the molecule is COc1c(C)cccc1C(=O)Nc1cc(-c2nc3ccc(C)cc3o2)ccc1C. The minimum atomic E-state index is -0.223. The molecular formula is C24H22N2O3. The number of hydrogen-bond acceptors (Lipinski definition) is 4. The van der Waals surface area contributed by atoms with E-state index in [1.165, 1.54) is 0 Å². The molecule has 0 radical (unpaired) electrons. The minimum Gasteiger partial charge on any atom is -0.496 e. The smallest absolute Gasteiger partial charge is 0.259 e. The molecule has 1 N–H and O–H groups in total. The first kappa shape index (κ1) is 18.7. The van der Waals surface area contributed by atoms with Crippen LogP contribution in [0.2, 0.25) is 0 Å². The van der Waals surface area contributed by atoms with Gasteiger partial charge in [-0.3, -0.25) is 4.79 Å². The first-order valence-electron chi connectivity index (χ1n) is 9.39. The van der Waals surface area contributed by atoms with Gasteiger partial charge in [0.05, 0.1) is 12.7 Å². The van der Waals surface area contributed by atoms with Gasteiger partial charge in [0.2, 0.25) is 5.89 Å². The van der Waals surface area contributed by atoms with E-state index in [2.05, 4.69) is 10.3 Å². The van der Waals surface area contributed by atoms with Gasteiger partial charge in [0.25, 0.3) is 5.91 Å². The molecule has 1 heterocycles. The Kier molecular flexibility index (Phi) is 4.80. The van der Waals surface area contributed by atoms with Crippen molar-refractivity contribution in [1.29, 1.82) is 0 Å². The van der Waals surface area contributed by atoms with Crippen LogP contribution in [0.4, 0.5) is 5.69 Å². The predicted octanol–water partition coefficient (Wildman–Crippen LogP) is 5.68. The Morgan fingerprint density at radius 1 is 1.00 bits per heavy atom. The molecule has 0 bridgehead atoms. The Labute approximate surface area is 169 Å². The largest absolute Gasteiger partial charge is 0.496 e. The summed E-state index contributed by atoms with van der Waals surface area (Å²) >= 11 is 0. The number of aryl methyl sites for hydroxylation is 3. The number of fused-ring (bicyclic) bond motifs is 1. The molecule has 0 aliphatic carbocycles. The Bertz CT molecular complexity index is 1220. The number of hydrogen-bond donors (Lipinski definition) is 1. The normalized spacial score (nSPS) is 10.9. The second-order valence-electron chi connectivity index (χ2n) is 7.13. The maximum atomic E-state index is 12.9. The van der Waals surface area contributed by atoms with E-state index in [-0.39, 0.29) is 5.91 Å². The summed E-state index contributed by atoms with van der Waals surface area (Å²) < 4.78 is 11.3. The highest BCUT2D eigenvalue weighted by molar-refractivity contribution is 6.07. The van der Waals surface area contributed by atoms with E-state index in [0.29, 0.717) is 22.9 Å². The molecule has 3 aromatic carbocycles. The molecule has 0 spiro atoms. The first-order chi connectivity index (χ1) is 14.0. The van der Waals surface area contributed by atoms with Crippen LogP contribution in [0.25, 0.3) is 22.6 Å². The summed E-state index contributed by atoms with van der Waals surface area (Å²) in [4.78, 5) is 17.5. The van der Waals surface area contributed by atoms with Crippen LogP contribution in [-0.2, 0) is 0 Å². The Morgan fingerprint density at radius 2 is 1.83 bits per heavy atom. The van der Waals surface area contributed by atoms with Gasteiger partial charge >= 0.3 is 0 Å². The Morgan fingerprint density at radius 3 is 2.62 bits per heavy atom. The quantitative estimate of drug-likeness (QED) is 0.490. The van der Waals surface area contributed by atoms with E-state index < -0.39 is 0 Å². The number of oxazole rings is 1. The van der Waals surface area contributed by atoms with Crippen LogP contribution in [0, 0.1) is 20.8 Å². The molecule has 146 valence electrons. The number of methoxy groups -OCH3 is 1. The maximum absolute atomic E-state index is 12.9. The Balaban J connectivity index is 1.68. The molecule has 4 rings (SSSR count). The summed E-state index contributed by atoms with van der Waals surface area (Å²) in [5.41, 5.74) is 6.52. The highest BCUT2D eigenvalue weighted by Crippen LogP contribution is 2.30. The lowest BCUT2D eigenvalue weighted by Gasteiger charge is -2.13. The van der Waals surface area contributed by atoms with Gasteiger partial charge in [0, 0.05) is 11.3 Å². The highest BCUT2D eigenvalue weighted by Gasteiger charge is 2.16. The number of nitrogens with one attached hydrogen (secondary N) is 1. The van der Waals surface area contributed by atoms with E-state index in [9.17, 15) is 4.79 Å². The number of carbonyl (C=O) groups is 1. The fourth-order valence-electron chi connectivity index (χ4n) is 3.34. The average molecular weight is 386 g/mol. The number of amides is 1. The first-order valence-corrected chi connectivity index (χ1v) is 9.39. The number of aromatic nitrogens is 1. The van der Waals surface area contributed by atoms with Crippen LogP contribution < -0.4 is 10.1 Å². The van der Waals surface area contributed by atoms with Crippen LogP contribution in [0.15, 0.2) is 59.0 Å². The van der Waals surface area contributed by atoms with Gasteiger partial charge in [-0.25, -0.2) is 4.98 Å². The number of benzene rings is 3. The summed E-state index contributed by atoms with van der Waals surface area (Å²) in [5.74, 6) is 0.876. The number of rotatable bonds is 4. The topological polar surface area (TPSA) is 64.4 Å². The molecule has 0 saturated heterocycles. The van der Waals surface area contributed by atoms with Crippen molar-refractivity contribution in [2.75, 3.05) is 12.4 Å². The molecule has 0 unspecified atom stereocenters. The van der Waals surface area contributed by atoms with Crippen LogP contribution in [0.1, 0.15) is 27.0 Å². The molecule has 0 aliphatic heterocycles. The van der Waals surface area contributed by atoms with Gasteiger partial charge in [0.1, 0.15) is 11.3 Å². The molecule has 1 aromatic heterocycles. The van der Waals surface area contributed by atoms with Crippen molar-refractivity contribution < 1.29 is 13.9 Å². The Hall–Kier alpha value is -3.60. The summed E-state index contributed by atoms with van der Waals surface area (Å²) in [6.07, 6.45) is 0. The van der Waals surface area contributed by atoms with Gasteiger partial charge in [-0.1, -0.05) is 24.3 Å². The molecule has 0 saturated carbocycles. The van der Waals surface area contributed by atoms with Crippen molar-refractivity contribution in [2.45, 2.75) is 20.8 Å². The second-order valence-corrected chi connectivity index (χ2v) is 7.13. The van der Waals surface area contributed by atoms with Crippen LogP contribution in [-0.4, -0.2) is 18.0 Å². The molecule has 0 atom stereocenters. The molecule has 0 aliphatic rings. The van der Waals surface area contributed by atoms with Gasteiger partial charge in [-0.15, -0.1) is 0 Å². The maximum Gasteiger partial charge on any atom is 0.259 e. The summed E-state index contributed by atoms with van der Waals surface area (Å²) in [6.45, 7) is 5.87. The molecular weight excluding hydrogens is 364 g/mol. The van der Waals surface area contributed by atoms with E-state index in [4.69, 9.17) is 9.15 Å². The number of ether oxygens (including phenoxy) is 1. The lowest BCUT2D eigenvalue weighted by atomic mass is 10.1. The third kappa shape index (κ3) is 3.59. The van der Waals surface area contributed by atoms with Crippen molar-refractivity contribution in [1.82, 2.24) is 4.98 Å². The second kappa shape index (κ2) is 7.43. The highest BCUT2D eigenvalue weighted by atomic mass is 16.5. The van der Waals surface area contributed by atoms with Crippen molar-refractivity contribution in [3.63, 3.8) is 0 Å². The zero-order valence-electron chi connectivity index (χ0n) is 16.9. The number of carbonyl (C=O) groups excluding carboxylic acids is 1. The molecule has 4 aromatic rings. The third-order valence-corrected chi connectivity index (χ3v) is 4.94. The fourth-order valence-corrected chi connectivity index (χ4v) is 3.34. The van der Waals surface area contributed by atoms with Crippen molar-refractivity contribution in [3.05, 3.63) is 76.9 Å². The lowest BCUT2D eigenvalue weighted by Crippen LogP contribution is -2.14. The van der Waals surface area contributed by atoms with Gasteiger partial charge < -0.3 is 14.5 Å². The number of nitrogens with zero attached hydrogens (tertiary/aromatic N) is 1. The monoisotopic (exact) mass is 386 g/mol. The number of para-hydroxylation sites is 1. The van der Waals surface area contributed by atoms with Gasteiger partial charge in [-0.2, -0.15) is 0 Å². The van der Waals surface area contributed by atoms with E-state index in [1.54, 1.807) is 13.2 Å². The van der Waals surface area contributed by atoms with E-state index in [1.807, 2.05) is 69.3 Å². The third-order valence-electron chi connectivity index (χ3n) is 4.94. The van der Waals surface area contributed by atoms with E-state index in [0.717, 1.165) is 33.4 Å². The fraction of sp³-hybridized carbons (Fsp3) is 0.167. The standard InChI is InChI=1S/C24H22N2O3/c1-14-8-11-19-21(12-14)29-24(26-19)17-10-9-15(2)20(13-17)25-23(27)18-7-5-6-16(3)22(18)28-4/h5-13H,1-4H3,(H,25,27). The van der Waals surface area contributed by atoms with Gasteiger partial charge in [-0.05, 0) is 67.8 Å². The van der Waals surface area contributed by atoms with Crippen LogP contribution >= 0.6 is 0 Å². The van der Waals surface area contributed by atoms with Crippen LogP contribution in [0.3, 0.4) is 0 Å². The molecule has 0 fully saturated rings. The zero-order valence-corrected chi connectivity index (χ0v) is 16.9. The summed E-state index contributed by atoms with van der Waals surface area (Å²) in [7, 11) is 1.57. The molecule has 5 heteroatoms. The summed E-state index contributed by atoms with van der Waals surface area (Å²) in [5, 5.41) is 2.99. The minimum absolute atomic E-state index is 0.223. The van der Waals surface area contributed by atoms with Crippen molar-refractivity contribution >= 4 is 22.7 Å². The van der Waals surface area contributed by atoms with Crippen molar-refractivity contribution in [2.24, 2.45) is 0 Å². The lowest BCUT2D eigenvalue weighted by molar-refractivity contribution is 0.102. The number of anilines is 1. The summed E-state index contributed by atoms with van der Waals surface area (Å²) in [6, 6.07) is 17.2. The van der Waals surface area contributed by atoms with Crippen molar-refractivity contribution in [3.8, 4) is 17.2 Å². The van der Waals surface area contributed by atoms with Crippen LogP contribution in [0.5, 0.6) is 5.75 Å². The predicted molar refractivity (Wildman–Crippen MR) is 115 cm³/mol. The average Bonchev–Trinajstić information content (AvgIpc) is 3.12. The van der Waals surface area contributed by atoms with Gasteiger partial charge in [0.15, 0.2) is 5.58 Å². The molecule has 1 amide bonds. The molecule has 29 heavy (non-hydrogen) atoms.